The zero-order chi connectivity index (χ0) is 14.5. The van der Waals surface area contributed by atoms with E-state index >= 15 is 0 Å². The first-order chi connectivity index (χ1) is 9.61. The van der Waals surface area contributed by atoms with Crippen LogP contribution in [0.2, 0.25) is 0 Å². The number of anilines is 2. The molecule has 1 aliphatic heterocycles. The minimum Gasteiger partial charge on any atom is -0.397 e. The van der Waals surface area contributed by atoms with Gasteiger partial charge in [-0.15, -0.1) is 6.58 Å². The van der Waals surface area contributed by atoms with E-state index in [2.05, 4.69) is 17.2 Å². The van der Waals surface area contributed by atoms with E-state index in [4.69, 9.17) is 5.73 Å². The van der Waals surface area contributed by atoms with Gasteiger partial charge in [-0.1, -0.05) is 18.2 Å². The maximum absolute atomic E-state index is 11.8. The van der Waals surface area contributed by atoms with Crippen LogP contribution in [0.25, 0.3) is 0 Å². The maximum Gasteiger partial charge on any atom is 0.321 e. The molecular formula is C14H18N4O2. The lowest BCUT2D eigenvalue weighted by molar-refractivity contribution is -0.118. The number of para-hydroxylation sites is 1. The van der Waals surface area contributed by atoms with Crippen molar-refractivity contribution in [1.29, 1.82) is 0 Å². The van der Waals surface area contributed by atoms with Crippen LogP contribution in [0.4, 0.5) is 16.2 Å². The number of hydrogen-bond donors (Lipinski definition) is 3. The van der Waals surface area contributed by atoms with E-state index in [-0.39, 0.29) is 12.5 Å². The number of rotatable bonds is 4. The fraction of sp³-hybridized carbons (Fsp3) is 0.286. The smallest absolute Gasteiger partial charge is 0.321 e. The monoisotopic (exact) mass is 274 g/mol. The van der Waals surface area contributed by atoms with Crippen molar-refractivity contribution in [3.8, 4) is 0 Å². The summed E-state index contributed by atoms with van der Waals surface area (Å²) in [5.41, 5.74) is 8.63. The summed E-state index contributed by atoms with van der Waals surface area (Å²) in [6.07, 6.45) is 2.40. The molecule has 1 aromatic carbocycles. The third-order valence-corrected chi connectivity index (χ3v) is 3.11. The molecule has 0 unspecified atom stereocenters. The quantitative estimate of drug-likeness (QED) is 0.555. The van der Waals surface area contributed by atoms with Crippen molar-refractivity contribution in [3.63, 3.8) is 0 Å². The summed E-state index contributed by atoms with van der Waals surface area (Å²) in [6.45, 7) is 4.64. The number of nitrogen functional groups attached to an aromatic ring is 1. The average Bonchev–Trinajstić information content (AvgIpc) is 2.81. The van der Waals surface area contributed by atoms with E-state index in [0.717, 1.165) is 24.2 Å². The van der Waals surface area contributed by atoms with Crippen molar-refractivity contribution in [3.05, 3.63) is 36.4 Å². The lowest BCUT2D eigenvalue weighted by atomic mass is 10.1. The number of carbonyl (C=O) groups is 2. The van der Waals surface area contributed by atoms with Gasteiger partial charge in [-0.3, -0.25) is 10.1 Å². The van der Waals surface area contributed by atoms with Crippen molar-refractivity contribution < 1.29 is 9.59 Å². The Morgan fingerprint density at radius 1 is 1.45 bits per heavy atom. The summed E-state index contributed by atoms with van der Waals surface area (Å²) < 4.78 is 0. The van der Waals surface area contributed by atoms with Gasteiger partial charge < -0.3 is 16.0 Å². The molecule has 6 nitrogen and oxygen atoms in total. The number of amides is 3. The van der Waals surface area contributed by atoms with Crippen molar-refractivity contribution >= 4 is 23.3 Å². The second kappa shape index (κ2) is 6.10. The van der Waals surface area contributed by atoms with Crippen LogP contribution in [0.3, 0.4) is 0 Å². The molecule has 6 heteroatoms. The van der Waals surface area contributed by atoms with Crippen LogP contribution in [0.5, 0.6) is 0 Å². The Morgan fingerprint density at radius 3 is 3.00 bits per heavy atom. The van der Waals surface area contributed by atoms with Gasteiger partial charge in [-0.2, -0.15) is 0 Å². The standard InChI is InChI=1S/C14H18N4O2/c1-2-7-16-14(20)17-12(19)9-18-8-6-10-4-3-5-11(15)13(10)18/h2-5H,1,6-9,15H2,(H2,16,17,19,20). The van der Waals surface area contributed by atoms with Gasteiger partial charge in [-0.25, -0.2) is 4.79 Å². The van der Waals surface area contributed by atoms with Gasteiger partial charge in [0.25, 0.3) is 0 Å². The van der Waals surface area contributed by atoms with Gasteiger partial charge in [0.05, 0.1) is 17.9 Å². The number of carbonyl (C=O) groups excluding carboxylic acids is 2. The van der Waals surface area contributed by atoms with Crippen LogP contribution in [-0.4, -0.2) is 31.6 Å². The van der Waals surface area contributed by atoms with E-state index in [9.17, 15) is 9.59 Å². The van der Waals surface area contributed by atoms with Crippen molar-refractivity contribution in [2.24, 2.45) is 0 Å². The highest BCUT2D eigenvalue weighted by atomic mass is 16.2. The van der Waals surface area contributed by atoms with Gasteiger partial charge in [0.15, 0.2) is 0 Å². The van der Waals surface area contributed by atoms with Crippen LogP contribution in [0.1, 0.15) is 5.56 Å². The Morgan fingerprint density at radius 2 is 2.25 bits per heavy atom. The summed E-state index contributed by atoms with van der Waals surface area (Å²) in [5.74, 6) is -0.359. The average molecular weight is 274 g/mol. The molecule has 0 fully saturated rings. The second-order valence-electron chi connectivity index (χ2n) is 4.57. The molecule has 0 atom stereocenters. The molecule has 2 rings (SSSR count). The predicted octanol–water partition coefficient (Wildman–Crippen LogP) is 0.643. The molecule has 1 aromatic rings. The topological polar surface area (TPSA) is 87.5 Å². The highest BCUT2D eigenvalue weighted by molar-refractivity contribution is 5.97. The van der Waals surface area contributed by atoms with E-state index in [1.165, 1.54) is 0 Å². The summed E-state index contributed by atoms with van der Waals surface area (Å²) >= 11 is 0. The van der Waals surface area contributed by atoms with E-state index < -0.39 is 6.03 Å². The van der Waals surface area contributed by atoms with Crippen LogP contribution in [0, 0.1) is 0 Å². The van der Waals surface area contributed by atoms with Gasteiger partial charge in [0.2, 0.25) is 5.91 Å². The fourth-order valence-corrected chi connectivity index (χ4v) is 2.27. The minimum atomic E-state index is -0.518. The Balaban J connectivity index is 1.94. The highest BCUT2D eigenvalue weighted by Gasteiger charge is 2.23. The number of urea groups is 1. The molecule has 0 spiro atoms. The van der Waals surface area contributed by atoms with Crippen molar-refractivity contribution in [2.45, 2.75) is 6.42 Å². The van der Waals surface area contributed by atoms with Gasteiger partial charge in [0.1, 0.15) is 0 Å². The molecule has 0 radical (unpaired) electrons. The summed E-state index contributed by atoms with van der Waals surface area (Å²) in [5, 5.41) is 4.76. The normalized spacial score (nSPS) is 12.7. The molecule has 4 N–H and O–H groups in total. The molecule has 0 saturated carbocycles. The third-order valence-electron chi connectivity index (χ3n) is 3.11. The molecule has 1 heterocycles. The predicted molar refractivity (Wildman–Crippen MR) is 78.5 cm³/mol. The van der Waals surface area contributed by atoms with Crippen LogP contribution in [-0.2, 0) is 11.2 Å². The lowest BCUT2D eigenvalue weighted by Gasteiger charge is -2.20. The van der Waals surface area contributed by atoms with Crippen LogP contribution < -0.4 is 21.3 Å². The zero-order valence-electron chi connectivity index (χ0n) is 11.2. The number of fused-ring (bicyclic) bond motifs is 1. The Bertz CT molecular complexity index is 542. The SMILES string of the molecule is C=CCNC(=O)NC(=O)CN1CCc2cccc(N)c21. The minimum absolute atomic E-state index is 0.114. The molecule has 0 aromatic heterocycles. The van der Waals surface area contributed by atoms with E-state index in [1.54, 1.807) is 6.08 Å². The van der Waals surface area contributed by atoms with E-state index in [1.807, 2.05) is 23.1 Å². The number of nitrogens with one attached hydrogen (secondary N) is 2. The molecular weight excluding hydrogens is 256 g/mol. The molecule has 106 valence electrons. The second-order valence-corrected chi connectivity index (χ2v) is 4.57. The first-order valence-corrected chi connectivity index (χ1v) is 6.42. The van der Waals surface area contributed by atoms with Crippen molar-refractivity contribution in [2.75, 3.05) is 30.3 Å². The summed E-state index contributed by atoms with van der Waals surface area (Å²) in [4.78, 5) is 25.1. The highest BCUT2D eigenvalue weighted by Crippen LogP contribution is 2.33. The van der Waals surface area contributed by atoms with Gasteiger partial charge in [-0.05, 0) is 18.1 Å². The fourth-order valence-electron chi connectivity index (χ4n) is 2.27. The van der Waals surface area contributed by atoms with E-state index in [0.29, 0.717) is 12.2 Å². The number of nitrogens with two attached hydrogens (primary N) is 1. The maximum atomic E-state index is 11.8. The molecule has 0 aliphatic carbocycles. The number of imide groups is 1. The lowest BCUT2D eigenvalue weighted by Crippen LogP contribution is -2.44. The Kier molecular flexibility index (Phi) is 4.24. The molecule has 0 bridgehead atoms. The number of hydrogen-bond acceptors (Lipinski definition) is 4. The largest absolute Gasteiger partial charge is 0.397 e. The van der Waals surface area contributed by atoms with Crippen LogP contribution >= 0.6 is 0 Å². The third kappa shape index (κ3) is 3.09. The number of benzene rings is 1. The Labute approximate surface area is 117 Å². The van der Waals surface area contributed by atoms with Crippen molar-refractivity contribution in [1.82, 2.24) is 10.6 Å². The first kappa shape index (κ1) is 13.9. The number of nitrogens with zero attached hydrogens (tertiary/aromatic N) is 1. The Hall–Kier alpha value is -2.50. The summed E-state index contributed by atoms with van der Waals surface area (Å²) in [7, 11) is 0. The first-order valence-electron chi connectivity index (χ1n) is 6.42. The van der Waals surface area contributed by atoms with Gasteiger partial charge in [0, 0.05) is 13.1 Å². The van der Waals surface area contributed by atoms with Gasteiger partial charge >= 0.3 is 6.03 Å². The molecule has 0 saturated heterocycles. The molecule has 3 amide bonds. The molecule has 20 heavy (non-hydrogen) atoms. The molecule has 1 aliphatic rings. The zero-order valence-corrected chi connectivity index (χ0v) is 11.2. The summed E-state index contributed by atoms with van der Waals surface area (Å²) in [6, 6.07) is 5.20. The van der Waals surface area contributed by atoms with Crippen LogP contribution in [0.15, 0.2) is 30.9 Å².